The summed E-state index contributed by atoms with van der Waals surface area (Å²) in [6.45, 7) is 2.00. The number of hydrogen-bond donors (Lipinski definition) is 1. The van der Waals surface area contributed by atoms with E-state index in [1.165, 1.54) is 18.2 Å². The number of hydrogen-bond acceptors (Lipinski definition) is 3. The van der Waals surface area contributed by atoms with Crippen molar-refractivity contribution in [2.45, 2.75) is 25.3 Å². The van der Waals surface area contributed by atoms with Crippen molar-refractivity contribution in [2.24, 2.45) is 5.92 Å². The molecule has 2 aromatic carbocycles. The van der Waals surface area contributed by atoms with E-state index in [0.29, 0.717) is 17.4 Å². The number of carbonyl (C=O) groups excluding carboxylic acids is 1. The normalized spacial score (nSPS) is 23.6. The predicted octanol–water partition coefficient (Wildman–Crippen LogP) is 5.37. The molecule has 0 radical (unpaired) electrons. The number of methoxy groups -OCH3 is 1. The first-order chi connectivity index (χ1) is 12.1. The van der Waals surface area contributed by atoms with Gasteiger partial charge in [-0.15, -0.1) is 0 Å². The van der Waals surface area contributed by atoms with E-state index < -0.39 is 0 Å². The van der Waals surface area contributed by atoms with Crippen molar-refractivity contribution < 1.29 is 9.53 Å². The maximum Gasteiger partial charge on any atom is 0.338 e. The first-order valence-electron chi connectivity index (χ1n) is 8.50. The van der Waals surface area contributed by atoms with Gasteiger partial charge in [0.2, 0.25) is 0 Å². The van der Waals surface area contributed by atoms with Crippen LogP contribution < -0.4 is 5.32 Å². The van der Waals surface area contributed by atoms with Crippen LogP contribution in [0.3, 0.4) is 0 Å². The average molecular weight is 398 g/mol. The molecule has 3 nitrogen and oxygen atoms in total. The van der Waals surface area contributed by atoms with E-state index in [9.17, 15) is 4.79 Å². The second kappa shape index (κ2) is 6.34. The number of rotatable bonds is 2. The van der Waals surface area contributed by atoms with Crippen molar-refractivity contribution in [1.29, 1.82) is 0 Å². The fraction of sp³-hybridized carbons (Fsp3) is 0.286. The zero-order valence-electron chi connectivity index (χ0n) is 14.3. The number of allylic oxidation sites excluding steroid dienone is 2. The van der Waals surface area contributed by atoms with Crippen LogP contribution >= 0.6 is 15.9 Å². The number of carbonyl (C=O) groups is 1. The Morgan fingerprint density at radius 1 is 1.28 bits per heavy atom. The van der Waals surface area contributed by atoms with Gasteiger partial charge in [0.1, 0.15) is 0 Å². The summed E-state index contributed by atoms with van der Waals surface area (Å²) in [7, 11) is 1.43. The Kier molecular flexibility index (Phi) is 4.16. The largest absolute Gasteiger partial charge is 0.465 e. The summed E-state index contributed by atoms with van der Waals surface area (Å²) >= 11 is 3.58. The van der Waals surface area contributed by atoms with E-state index in [4.69, 9.17) is 4.74 Å². The third kappa shape index (κ3) is 2.69. The summed E-state index contributed by atoms with van der Waals surface area (Å²) in [6.07, 6.45) is 5.65. The van der Waals surface area contributed by atoms with E-state index in [1.54, 1.807) is 0 Å². The zero-order chi connectivity index (χ0) is 17.6. The first-order valence-corrected chi connectivity index (χ1v) is 9.30. The smallest absolute Gasteiger partial charge is 0.338 e. The molecule has 4 rings (SSSR count). The molecule has 4 heteroatoms. The fourth-order valence-electron chi connectivity index (χ4n) is 4.18. The summed E-state index contributed by atoms with van der Waals surface area (Å²) in [5, 5.41) is 3.73. The van der Waals surface area contributed by atoms with Crippen LogP contribution in [-0.4, -0.2) is 13.1 Å². The van der Waals surface area contributed by atoms with Gasteiger partial charge >= 0.3 is 5.97 Å². The molecule has 1 N–H and O–H groups in total. The van der Waals surface area contributed by atoms with Crippen LogP contribution in [0.4, 0.5) is 5.69 Å². The van der Waals surface area contributed by atoms with Crippen molar-refractivity contribution in [3.05, 3.63) is 75.3 Å². The van der Waals surface area contributed by atoms with Gasteiger partial charge in [0.25, 0.3) is 0 Å². The minimum Gasteiger partial charge on any atom is -0.465 e. The minimum absolute atomic E-state index is 0.219. The van der Waals surface area contributed by atoms with Crippen molar-refractivity contribution in [2.75, 3.05) is 12.4 Å². The maximum atomic E-state index is 12.1. The molecule has 2 aliphatic rings. The molecule has 1 heterocycles. The van der Waals surface area contributed by atoms with Crippen LogP contribution in [0.1, 0.15) is 45.4 Å². The molecule has 0 fully saturated rings. The predicted molar refractivity (Wildman–Crippen MR) is 103 cm³/mol. The van der Waals surface area contributed by atoms with Gasteiger partial charge in [-0.3, -0.25) is 0 Å². The minimum atomic E-state index is -0.287. The van der Waals surface area contributed by atoms with Crippen LogP contribution in [0.25, 0.3) is 0 Å². The lowest BCUT2D eigenvalue weighted by molar-refractivity contribution is 0.0600. The monoisotopic (exact) mass is 397 g/mol. The summed E-state index contributed by atoms with van der Waals surface area (Å²) in [5.41, 5.74) is 5.20. The lowest BCUT2D eigenvalue weighted by atomic mass is 9.76. The molecular weight excluding hydrogens is 378 g/mol. The van der Waals surface area contributed by atoms with E-state index in [1.807, 2.05) is 19.1 Å². The number of benzene rings is 2. The van der Waals surface area contributed by atoms with Gasteiger partial charge in [-0.1, -0.05) is 46.3 Å². The van der Waals surface area contributed by atoms with Crippen LogP contribution in [0.2, 0.25) is 0 Å². The topological polar surface area (TPSA) is 38.3 Å². The Balaban J connectivity index is 1.83. The fourth-order valence-corrected chi connectivity index (χ4v) is 4.59. The van der Waals surface area contributed by atoms with Gasteiger partial charge < -0.3 is 10.1 Å². The van der Waals surface area contributed by atoms with Gasteiger partial charge in [0.15, 0.2) is 0 Å². The molecule has 0 unspecified atom stereocenters. The highest BCUT2D eigenvalue weighted by atomic mass is 79.9. The van der Waals surface area contributed by atoms with Crippen molar-refractivity contribution in [3.8, 4) is 0 Å². The summed E-state index contributed by atoms with van der Waals surface area (Å²) in [5.74, 6) is 0.584. The maximum absolute atomic E-state index is 12.1. The van der Waals surface area contributed by atoms with Crippen LogP contribution in [-0.2, 0) is 4.74 Å². The highest BCUT2D eigenvalue weighted by molar-refractivity contribution is 9.10. The van der Waals surface area contributed by atoms with Crippen LogP contribution in [0.5, 0.6) is 0 Å². The van der Waals surface area contributed by atoms with Gasteiger partial charge in [-0.25, -0.2) is 4.79 Å². The van der Waals surface area contributed by atoms with Gasteiger partial charge in [0, 0.05) is 16.1 Å². The molecule has 1 aliphatic heterocycles. The first kappa shape index (κ1) is 16.4. The molecule has 128 valence electrons. The third-order valence-corrected chi connectivity index (χ3v) is 5.90. The van der Waals surface area contributed by atoms with E-state index in [0.717, 1.165) is 22.1 Å². The number of esters is 1. The Bertz CT molecular complexity index is 874. The quantitative estimate of drug-likeness (QED) is 0.546. The molecule has 3 atom stereocenters. The highest BCUT2D eigenvalue weighted by Crippen LogP contribution is 2.51. The lowest BCUT2D eigenvalue weighted by Gasteiger charge is -2.38. The Hall–Kier alpha value is -2.07. The molecule has 0 bridgehead atoms. The third-order valence-electron chi connectivity index (χ3n) is 5.41. The lowest BCUT2D eigenvalue weighted by Crippen LogP contribution is -2.30. The number of nitrogens with one attached hydrogen (secondary N) is 1. The molecule has 2 aromatic rings. The number of halogens is 1. The Labute approximate surface area is 156 Å². The molecule has 1 aliphatic carbocycles. The van der Waals surface area contributed by atoms with E-state index in [2.05, 4.69) is 57.7 Å². The summed E-state index contributed by atoms with van der Waals surface area (Å²) < 4.78 is 6.02. The molecular formula is C21H20BrNO2. The number of ether oxygens (including phenoxy) is 1. The molecule has 0 saturated heterocycles. The van der Waals surface area contributed by atoms with Crippen LogP contribution in [0.15, 0.2) is 53.0 Å². The van der Waals surface area contributed by atoms with Crippen molar-refractivity contribution >= 4 is 27.6 Å². The van der Waals surface area contributed by atoms with E-state index in [-0.39, 0.29) is 12.0 Å². The summed E-state index contributed by atoms with van der Waals surface area (Å²) in [6, 6.07) is 12.7. The van der Waals surface area contributed by atoms with Gasteiger partial charge in [0.05, 0.1) is 18.7 Å². The highest BCUT2D eigenvalue weighted by Gasteiger charge is 2.39. The molecule has 0 saturated carbocycles. The van der Waals surface area contributed by atoms with Crippen molar-refractivity contribution in [3.63, 3.8) is 0 Å². The standard InChI is InChI=1S/C21H20BrNO2/c1-12-15(21(24)25-2)9-10-18-16-7-4-8-17(16)20(23-19(12)18)13-5-3-6-14(22)11-13/h3-7,9-11,16-17,20,23H,8H2,1-2H3/t16-,17-,20-/m1/s1. The van der Waals surface area contributed by atoms with Gasteiger partial charge in [-0.2, -0.15) is 0 Å². The molecule has 25 heavy (non-hydrogen) atoms. The molecule has 0 aromatic heterocycles. The Morgan fingerprint density at radius 3 is 2.88 bits per heavy atom. The second-order valence-electron chi connectivity index (χ2n) is 6.72. The SMILES string of the molecule is COC(=O)c1ccc2c(c1C)N[C@H](c1cccc(Br)c1)[C@@H]1CC=C[C@@H]21. The zero-order valence-corrected chi connectivity index (χ0v) is 15.8. The van der Waals surface area contributed by atoms with Gasteiger partial charge in [-0.05, 0) is 54.2 Å². The van der Waals surface area contributed by atoms with Crippen molar-refractivity contribution in [1.82, 2.24) is 0 Å². The second-order valence-corrected chi connectivity index (χ2v) is 7.64. The summed E-state index contributed by atoms with van der Waals surface area (Å²) in [4.78, 5) is 12.1. The molecule has 0 spiro atoms. The average Bonchev–Trinajstić information content (AvgIpc) is 3.11. The Morgan fingerprint density at radius 2 is 2.12 bits per heavy atom. The van der Waals surface area contributed by atoms with Crippen LogP contribution in [0, 0.1) is 12.8 Å². The molecule has 0 amide bonds. The van der Waals surface area contributed by atoms with E-state index >= 15 is 0 Å². The number of fused-ring (bicyclic) bond motifs is 3. The number of anilines is 1.